The summed E-state index contributed by atoms with van der Waals surface area (Å²) in [5.41, 5.74) is 1.00. The average Bonchev–Trinajstić information content (AvgIpc) is 2.72. The lowest BCUT2D eigenvalue weighted by Gasteiger charge is -2.10. The van der Waals surface area contributed by atoms with Crippen LogP contribution in [0.5, 0.6) is 0 Å². The number of nitrogens with zero attached hydrogens (tertiary/aromatic N) is 2. The van der Waals surface area contributed by atoms with Crippen molar-refractivity contribution in [2.24, 2.45) is 7.05 Å². The molecule has 1 atom stereocenters. The highest BCUT2D eigenvalue weighted by molar-refractivity contribution is 5.77. The summed E-state index contributed by atoms with van der Waals surface area (Å²) < 4.78 is 1.77. The Morgan fingerprint density at radius 3 is 2.94 bits per heavy atom. The molecule has 1 aromatic rings. The van der Waals surface area contributed by atoms with Gasteiger partial charge in [0.2, 0.25) is 5.91 Å². The van der Waals surface area contributed by atoms with Crippen molar-refractivity contribution in [1.29, 1.82) is 0 Å². The zero-order valence-electron chi connectivity index (χ0n) is 10.9. The fourth-order valence-electron chi connectivity index (χ4n) is 1.40. The van der Waals surface area contributed by atoms with E-state index in [1.807, 2.05) is 19.3 Å². The van der Waals surface area contributed by atoms with Gasteiger partial charge in [0.25, 0.3) is 0 Å². The monoisotopic (exact) mass is 238 g/mol. The van der Waals surface area contributed by atoms with Gasteiger partial charge in [-0.2, -0.15) is 5.10 Å². The predicted molar refractivity (Wildman–Crippen MR) is 67.7 cm³/mol. The van der Waals surface area contributed by atoms with Gasteiger partial charge in [-0.15, -0.1) is 0 Å². The van der Waals surface area contributed by atoms with Crippen LogP contribution in [-0.4, -0.2) is 34.8 Å². The third-order valence-corrected chi connectivity index (χ3v) is 2.70. The van der Waals surface area contributed by atoms with Crippen LogP contribution in [0, 0.1) is 0 Å². The molecular weight excluding hydrogens is 216 g/mol. The molecule has 0 saturated heterocycles. The van der Waals surface area contributed by atoms with Crippen LogP contribution in [0.3, 0.4) is 0 Å². The van der Waals surface area contributed by atoms with Crippen molar-refractivity contribution in [1.82, 2.24) is 20.4 Å². The zero-order chi connectivity index (χ0) is 12.7. The second-order valence-electron chi connectivity index (χ2n) is 4.27. The van der Waals surface area contributed by atoms with Gasteiger partial charge in [0, 0.05) is 32.3 Å². The van der Waals surface area contributed by atoms with E-state index in [4.69, 9.17) is 0 Å². The van der Waals surface area contributed by atoms with Gasteiger partial charge >= 0.3 is 0 Å². The van der Waals surface area contributed by atoms with E-state index in [-0.39, 0.29) is 5.91 Å². The molecule has 0 radical (unpaired) electrons. The molecule has 1 unspecified atom stereocenters. The molecule has 0 aliphatic carbocycles. The van der Waals surface area contributed by atoms with Crippen molar-refractivity contribution in [2.75, 3.05) is 13.1 Å². The number of rotatable bonds is 7. The van der Waals surface area contributed by atoms with Gasteiger partial charge in [0.05, 0.1) is 12.2 Å². The number of carbonyl (C=O) groups is 1. The largest absolute Gasteiger partial charge is 0.355 e. The van der Waals surface area contributed by atoms with Gasteiger partial charge < -0.3 is 10.6 Å². The lowest BCUT2D eigenvalue weighted by molar-refractivity contribution is -0.120. The van der Waals surface area contributed by atoms with Gasteiger partial charge in [-0.05, 0) is 19.4 Å². The van der Waals surface area contributed by atoms with Crippen molar-refractivity contribution >= 4 is 5.91 Å². The highest BCUT2D eigenvalue weighted by Crippen LogP contribution is 1.93. The summed E-state index contributed by atoms with van der Waals surface area (Å²) in [5, 5.41) is 10.3. The molecule has 0 aromatic carbocycles. The van der Waals surface area contributed by atoms with E-state index in [9.17, 15) is 4.79 Å². The minimum absolute atomic E-state index is 0.0428. The molecular formula is C12H22N4O. The van der Waals surface area contributed by atoms with E-state index in [0.717, 1.165) is 18.5 Å². The lowest BCUT2D eigenvalue weighted by Crippen LogP contribution is -2.38. The summed E-state index contributed by atoms with van der Waals surface area (Å²) in [6.07, 6.45) is 3.71. The van der Waals surface area contributed by atoms with E-state index in [2.05, 4.69) is 29.6 Å². The van der Waals surface area contributed by atoms with Crippen molar-refractivity contribution in [3.63, 3.8) is 0 Å². The third-order valence-electron chi connectivity index (χ3n) is 2.70. The first-order valence-corrected chi connectivity index (χ1v) is 6.10. The molecule has 1 aromatic heterocycles. The summed E-state index contributed by atoms with van der Waals surface area (Å²) in [7, 11) is 1.89. The normalized spacial score (nSPS) is 12.4. The highest BCUT2D eigenvalue weighted by atomic mass is 16.1. The second kappa shape index (κ2) is 7.06. The van der Waals surface area contributed by atoms with Crippen molar-refractivity contribution in [3.8, 4) is 0 Å². The number of carbonyl (C=O) groups excluding carboxylic acids is 1. The van der Waals surface area contributed by atoms with Gasteiger partial charge in [0.15, 0.2) is 0 Å². The van der Waals surface area contributed by atoms with E-state index < -0.39 is 0 Å². The first-order valence-electron chi connectivity index (χ1n) is 6.10. The molecule has 1 rings (SSSR count). The minimum atomic E-state index is 0.0428. The quantitative estimate of drug-likeness (QED) is 0.726. The standard InChI is InChI=1S/C12H22N4O/c1-4-10(2)14-9-12(17)13-7-5-11-6-8-16(3)15-11/h6,8,10,14H,4-5,7,9H2,1-3H3,(H,13,17). The first-order chi connectivity index (χ1) is 8.11. The molecule has 1 heterocycles. The molecule has 17 heavy (non-hydrogen) atoms. The number of nitrogens with one attached hydrogen (secondary N) is 2. The van der Waals surface area contributed by atoms with Crippen molar-refractivity contribution < 1.29 is 4.79 Å². The van der Waals surface area contributed by atoms with E-state index in [0.29, 0.717) is 19.1 Å². The van der Waals surface area contributed by atoms with Gasteiger partial charge in [-0.3, -0.25) is 9.48 Å². The maximum atomic E-state index is 11.5. The van der Waals surface area contributed by atoms with Crippen LogP contribution in [0.15, 0.2) is 12.3 Å². The van der Waals surface area contributed by atoms with Crippen LogP contribution in [0.2, 0.25) is 0 Å². The van der Waals surface area contributed by atoms with Gasteiger partial charge in [-0.25, -0.2) is 0 Å². The van der Waals surface area contributed by atoms with E-state index in [1.54, 1.807) is 4.68 Å². The number of hydrogen-bond acceptors (Lipinski definition) is 3. The minimum Gasteiger partial charge on any atom is -0.355 e. The maximum Gasteiger partial charge on any atom is 0.233 e. The summed E-state index contributed by atoms with van der Waals surface area (Å²) in [6.45, 7) is 5.19. The molecule has 96 valence electrons. The molecule has 5 nitrogen and oxygen atoms in total. The molecule has 5 heteroatoms. The zero-order valence-corrected chi connectivity index (χ0v) is 10.9. The SMILES string of the molecule is CCC(C)NCC(=O)NCCc1ccn(C)n1. The lowest BCUT2D eigenvalue weighted by atomic mass is 10.2. The first kappa shape index (κ1) is 13.7. The number of amides is 1. The van der Waals surface area contributed by atoms with Gasteiger partial charge in [0.1, 0.15) is 0 Å². The van der Waals surface area contributed by atoms with Crippen LogP contribution in [0.4, 0.5) is 0 Å². The highest BCUT2D eigenvalue weighted by Gasteiger charge is 2.03. The van der Waals surface area contributed by atoms with Crippen LogP contribution >= 0.6 is 0 Å². The Kier molecular flexibility index (Phi) is 5.69. The molecule has 0 spiro atoms. The summed E-state index contributed by atoms with van der Waals surface area (Å²) in [4.78, 5) is 11.5. The molecule has 0 fully saturated rings. The Morgan fingerprint density at radius 2 is 2.35 bits per heavy atom. The Morgan fingerprint density at radius 1 is 1.59 bits per heavy atom. The topological polar surface area (TPSA) is 59.0 Å². The number of aryl methyl sites for hydroxylation is 1. The van der Waals surface area contributed by atoms with Crippen molar-refractivity contribution in [3.05, 3.63) is 18.0 Å². The predicted octanol–water partition coefficient (Wildman–Crippen LogP) is 0.467. The number of aromatic nitrogens is 2. The van der Waals surface area contributed by atoms with Crippen LogP contribution in [0.25, 0.3) is 0 Å². The average molecular weight is 238 g/mol. The molecule has 0 aliphatic rings. The Labute approximate surface area is 103 Å². The Balaban J connectivity index is 2.12. The maximum absolute atomic E-state index is 11.5. The Hall–Kier alpha value is -1.36. The molecule has 2 N–H and O–H groups in total. The summed E-state index contributed by atoms with van der Waals surface area (Å²) >= 11 is 0. The van der Waals surface area contributed by atoms with Gasteiger partial charge in [-0.1, -0.05) is 6.92 Å². The summed E-state index contributed by atoms with van der Waals surface area (Å²) in [6, 6.07) is 2.35. The van der Waals surface area contributed by atoms with E-state index >= 15 is 0 Å². The molecule has 1 amide bonds. The Bertz CT molecular complexity index is 348. The van der Waals surface area contributed by atoms with Crippen LogP contribution in [-0.2, 0) is 18.3 Å². The number of hydrogen-bond donors (Lipinski definition) is 2. The van der Waals surface area contributed by atoms with Crippen LogP contribution in [0.1, 0.15) is 26.0 Å². The fourth-order valence-corrected chi connectivity index (χ4v) is 1.40. The second-order valence-corrected chi connectivity index (χ2v) is 4.27. The fraction of sp³-hybridized carbons (Fsp3) is 0.667. The molecule has 0 saturated carbocycles. The third kappa shape index (κ3) is 5.49. The van der Waals surface area contributed by atoms with Crippen molar-refractivity contribution in [2.45, 2.75) is 32.7 Å². The smallest absolute Gasteiger partial charge is 0.233 e. The summed E-state index contributed by atoms with van der Waals surface area (Å²) in [5.74, 6) is 0.0428. The molecule has 0 bridgehead atoms. The van der Waals surface area contributed by atoms with E-state index in [1.165, 1.54) is 0 Å². The molecule has 0 aliphatic heterocycles. The van der Waals surface area contributed by atoms with Crippen LogP contribution < -0.4 is 10.6 Å².